The van der Waals surface area contributed by atoms with E-state index in [0.29, 0.717) is 12.1 Å². The number of fused-ring (bicyclic) bond motifs is 1. The van der Waals surface area contributed by atoms with E-state index in [4.69, 9.17) is 4.74 Å². The van der Waals surface area contributed by atoms with Gasteiger partial charge < -0.3 is 25.2 Å². The van der Waals surface area contributed by atoms with Gasteiger partial charge >= 0.3 is 0 Å². The Hall–Kier alpha value is -1.39. The first-order valence-corrected chi connectivity index (χ1v) is 12.1. The van der Waals surface area contributed by atoms with Crippen LogP contribution in [0.2, 0.25) is 0 Å². The minimum Gasteiger partial charge on any atom is -0.377 e. The van der Waals surface area contributed by atoms with Crippen LogP contribution in [0.25, 0.3) is 0 Å². The summed E-state index contributed by atoms with van der Waals surface area (Å²) in [6.07, 6.45) is 5.57. The number of benzene rings is 1. The van der Waals surface area contributed by atoms with Crippen LogP contribution in [0.15, 0.2) is 29.3 Å². The maximum Gasteiger partial charge on any atom is 0.243 e. The number of likely N-dealkylation sites (N-methyl/N-ethyl adjacent to an activating group) is 1. The molecule has 3 rings (SSSR count). The van der Waals surface area contributed by atoms with Crippen molar-refractivity contribution in [3.8, 4) is 0 Å². The number of halogens is 1. The lowest BCUT2D eigenvalue weighted by Gasteiger charge is -2.34. The average molecular weight is 572 g/mol. The van der Waals surface area contributed by atoms with E-state index in [0.717, 1.165) is 64.3 Å². The Morgan fingerprint density at radius 3 is 2.45 bits per heavy atom. The minimum atomic E-state index is 0. The second-order valence-electron chi connectivity index (χ2n) is 9.49. The molecule has 1 amide bonds. The summed E-state index contributed by atoms with van der Waals surface area (Å²) in [5, 5.41) is 7.26. The second kappa shape index (κ2) is 14.1. The smallest absolute Gasteiger partial charge is 0.243 e. The number of aryl methyl sites for hydroxylation is 1. The van der Waals surface area contributed by atoms with Crippen molar-refractivity contribution in [1.82, 2.24) is 20.4 Å². The molecular weight excluding hydrogens is 529 g/mol. The summed E-state index contributed by atoms with van der Waals surface area (Å²) in [4.78, 5) is 20.8. The molecule has 186 valence electrons. The van der Waals surface area contributed by atoms with Gasteiger partial charge in [0.05, 0.1) is 12.7 Å². The van der Waals surface area contributed by atoms with Crippen LogP contribution in [0, 0.1) is 0 Å². The van der Waals surface area contributed by atoms with Crippen molar-refractivity contribution in [1.29, 1.82) is 0 Å². The molecule has 1 aliphatic heterocycles. The van der Waals surface area contributed by atoms with Crippen LogP contribution in [0.5, 0.6) is 0 Å². The normalized spacial score (nSPS) is 19.5. The lowest BCUT2D eigenvalue weighted by molar-refractivity contribution is -0.127. The van der Waals surface area contributed by atoms with Gasteiger partial charge in [0, 0.05) is 45.8 Å². The molecule has 1 aliphatic carbocycles. The number of piperidine rings is 1. The fraction of sp³-hybridized carbons (Fsp3) is 0.680. The highest BCUT2D eigenvalue weighted by Crippen LogP contribution is 2.21. The zero-order chi connectivity index (χ0) is 22.9. The van der Waals surface area contributed by atoms with Crippen molar-refractivity contribution >= 4 is 35.8 Å². The van der Waals surface area contributed by atoms with E-state index < -0.39 is 0 Å². The Morgan fingerprint density at radius 1 is 1.12 bits per heavy atom. The van der Waals surface area contributed by atoms with E-state index in [9.17, 15) is 4.79 Å². The number of aliphatic imine (C=N–C) groups is 1. The number of guanidine groups is 1. The Balaban J connectivity index is 0.00000385. The highest BCUT2D eigenvalue weighted by atomic mass is 127. The largest absolute Gasteiger partial charge is 0.377 e. The van der Waals surface area contributed by atoms with Gasteiger partial charge in [-0.3, -0.25) is 4.79 Å². The van der Waals surface area contributed by atoms with Gasteiger partial charge in [-0.05, 0) is 57.1 Å². The number of carbonyl (C=O) groups excluding carboxylic acids is 1. The van der Waals surface area contributed by atoms with Crippen molar-refractivity contribution in [3.63, 3.8) is 0 Å². The third-order valence-electron chi connectivity index (χ3n) is 6.35. The minimum absolute atomic E-state index is 0. The van der Waals surface area contributed by atoms with Crippen molar-refractivity contribution < 1.29 is 9.53 Å². The molecule has 1 aromatic rings. The molecule has 1 aromatic carbocycles. The molecule has 1 unspecified atom stereocenters. The van der Waals surface area contributed by atoms with Gasteiger partial charge in [-0.1, -0.05) is 24.3 Å². The topological polar surface area (TPSA) is 69.2 Å². The van der Waals surface area contributed by atoms with Crippen LogP contribution in [0.4, 0.5) is 0 Å². The van der Waals surface area contributed by atoms with Gasteiger partial charge in [-0.25, -0.2) is 4.99 Å². The number of hydrogen-bond donors (Lipinski definition) is 2. The summed E-state index contributed by atoms with van der Waals surface area (Å²) in [6, 6.07) is 9.39. The predicted octanol–water partition coefficient (Wildman–Crippen LogP) is 2.67. The molecule has 7 nitrogen and oxygen atoms in total. The molecule has 33 heavy (non-hydrogen) atoms. The Morgan fingerprint density at radius 2 is 1.79 bits per heavy atom. The van der Waals surface area contributed by atoms with Gasteiger partial charge in [0.15, 0.2) is 5.96 Å². The lowest BCUT2D eigenvalue weighted by atomic mass is 9.88. The number of nitrogens with one attached hydrogen (secondary N) is 2. The van der Waals surface area contributed by atoms with Crippen LogP contribution in [0.1, 0.15) is 44.2 Å². The lowest BCUT2D eigenvalue weighted by Crippen LogP contribution is -2.52. The van der Waals surface area contributed by atoms with Gasteiger partial charge in [-0.2, -0.15) is 0 Å². The van der Waals surface area contributed by atoms with Gasteiger partial charge in [0.2, 0.25) is 5.91 Å². The van der Waals surface area contributed by atoms with Crippen molar-refractivity contribution in [2.45, 2.75) is 64.1 Å². The molecule has 1 heterocycles. The monoisotopic (exact) mass is 571 g/mol. The maximum atomic E-state index is 12.1. The zero-order valence-corrected chi connectivity index (χ0v) is 23.0. The van der Waals surface area contributed by atoms with Crippen molar-refractivity contribution in [2.24, 2.45) is 4.99 Å². The third kappa shape index (κ3) is 9.41. The molecule has 2 N–H and O–H groups in total. The predicted molar refractivity (Wildman–Crippen MR) is 145 cm³/mol. The molecular formula is C25H42IN5O2. The van der Waals surface area contributed by atoms with Crippen LogP contribution in [-0.2, 0) is 22.4 Å². The summed E-state index contributed by atoms with van der Waals surface area (Å²) in [5.41, 5.74) is 2.87. The summed E-state index contributed by atoms with van der Waals surface area (Å²) < 4.78 is 5.70. The highest BCUT2D eigenvalue weighted by Gasteiger charge is 2.23. The third-order valence-corrected chi connectivity index (χ3v) is 6.35. The number of nitrogens with zero attached hydrogens (tertiary/aromatic N) is 3. The van der Waals surface area contributed by atoms with E-state index >= 15 is 0 Å². The van der Waals surface area contributed by atoms with Crippen LogP contribution < -0.4 is 10.6 Å². The fourth-order valence-electron chi connectivity index (χ4n) is 4.35. The van der Waals surface area contributed by atoms with Crippen LogP contribution in [-0.4, -0.2) is 86.7 Å². The van der Waals surface area contributed by atoms with Gasteiger partial charge in [0.25, 0.3) is 0 Å². The molecule has 2 aliphatic rings. The number of hydrogen-bond acceptors (Lipinski definition) is 4. The standard InChI is InChI=1S/C25H41N5O2.HI/c1-19(2)32-16-15-30-13-11-22(12-14-30)27-25(26-18-24(31)29(3)4)28-23-10-9-20-7-5-6-8-21(20)17-23;/h5-8,19,22-23H,9-18H2,1-4H3,(H2,26,27,28);1H. The number of amides is 1. The molecule has 1 atom stereocenters. The fourth-order valence-corrected chi connectivity index (χ4v) is 4.35. The summed E-state index contributed by atoms with van der Waals surface area (Å²) in [6.45, 7) is 8.21. The first kappa shape index (κ1) is 27.9. The van der Waals surface area contributed by atoms with Crippen molar-refractivity contribution in [2.75, 3.05) is 46.9 Å². The summed E-state index contributed by atoms with van der Waals surface area (Å²) in [5.74, 6) is 0.784. The average Bonchev–Trinajstić information content (AvgIpc) is 2.78. The Bertz CT molecular complexity index is 763. The Labute approximate surface area is 216 Å². The highest BCUT2D eigenvalue weighted by molar-refractivity contribution is 14.0. The van der Waals surface area contributed by atoms with E-state index in [1.165, 1.54) is 11.1 Å². The quantitative estimate of drug-likeness (QED) is 0.286. The van der Waals surface area contributed by atoms with E-state index in [-0.39, 0.29) is 42.5 Å². The summed E-state index contributed by atoms with van der Waals surface area (Å²) in [7, 11) is 3.55. The molecule has 1 fully saturated rings. The number of rotatable bonds is 8. The van der Waals surface area contributed by atoms with Gasteiger partial charge in [-0.15, -0.1) is 24.0 Å². The molecule has 8 heteroatoms. The van der Waals surface area contributed by atoms with E-state index in [1.807, 2.05) is 0 Å². The molecule has 0 radical (unpaired) electrons. The molecule has 0 aromatic heterocycles. The van der Waals surface area contributed by atoms with Crippen LogP contribution in [0.3, 0.4) is 0 Å². The summed E-state index contributed by atoms with van der Waals surface area (Å²) >= 11 is 0. The molecule has 0 saturated carbocycles. The SMILES string of the molecule is CC(C)OCCN1CCC(NC(=NCC(=O)N(C)C)NC2CCc3ccccc3C2)CC1.I. The number of likely N-dealkylation sites (tertiary alicyclic amines) is 1. The second-order valence-corrected chi connectivity index (χ2v) is 9.49. The first-order valence-electron chi connectivity index (χ1n) is 12.1. The zero-order valence-electron chi connectivity index (χ0n) is 20.7. The van der Waals surface area contributed by atoms with E-state index in [1.54, 1.807) is 19.0 Å². The maximum absolute atomic E-state index is 12.1. The number of ether oxygens (including phenoxy) is 1. The van der Waals surface area contributed by atoms with Crippen molar-refractivity contribution in [3.05, 3.63) is 35.4 Å². The molecule has 0 bridgehead atoms. The molecule has 0 spiro atoms. The van der Waals surface area contributed by atoms with E-state index in [2.05, 4.69) is 58.6 Å². The van der Waals surface area contributed by atoms with Crippen LogP contribution >= 0.6 is 24.0 Å². The van der Waals surface area contributed by atoms with Gasteiger partial charge in [0.1, 0.15) is 6.54 Å². The first-order chi connectivity index (χ1) is 15.4. The number of carbonyl (C=O) groups is 1. The molecule has 1 saturated heterocycles. The Kier molecular flexibility index (Phi) is 11.9.